The zero-order valence-corrected chi connectivity index (χ0v) is 12.6. The molecule has 96 valence electrons. The van der Waals surface area contributed by atoms with Crippen molar-refractivity contribution in [3.05, 3.63) is 16.5 Å². The summed E-state index contributed by atoms with van der Waals surface area (Å²) in [6.45, 7) is 2.04. The number of rotatable bonds is 5. The Kier molecular flexibility index (Phi) is 4.91. The average Bonchev–Trinajstić information content (AvgIpc) is 2.64. The molecular weight excluding hydrogens is 300 g/mol. The first kappa shape index (κ1) is 14.8. The number of hydrogen-bond donors (Lipinski definition) is 1. The third-order valence-electron chi connectivity index (χ3n) is 2.23. The normalized spacial score (nSPS) is 13.9. The minimum Gasteiger partial charge on any atom is -0.393 e. The van der Waals surface area contributed by atoms with Crippen LogP contribution in [0.5, 0.6) is 0 Å². The zero-order valence-electron chi connectivity index (χ0n) is 9.38. The van der Waals surface area contributed by atoms with E-state index in [4.69, 9.17) is 29.6 Å². The topological polar surface area (TPSA) is 63.4 Å². The average molecular weight is 313 g/mol. The van der Waals surface area contributed by atoms with Gasteiger partial charge in [-0.25, -0.2) is 8.42 Å². The molecule has 1 aromatic heterocycles. The van der Waals surface area contributed by atoms with E-state index in [2.05, 4.69) is 0 Å². The first-order valence-corrected chi connectivity index (χ1v) is 7.80. The molecule has 1 rings (SSSR count). The Balaban J connectivity index is 2.88. The van der Waals surface area contributed by atoms with Crippen molar-refractivity contribution in [1.29, 1.82) is 0 Å². The fraction of sp³-hybridized carbons (Fsp3) is 0.444. The summed E-state index contributed by atoms with van der Waals surface area (Å²) in [6, 6.07) is 3.05. The summed E-state index contributed by atoms with van der Waals surface area (Å²) >= 11 is 11.6. The van der Waals surface area contributed by atoms with Crippen molar-refractivity contribution in [3.8, 4) is 0 Å². The first-order chi connectivity index (χ1) is 7.75. The zero-order chi connectivity index (χ0) is 13.2. The maximum absolute atomic E-state index is 12.1. The molecule has 2 N–H and O–H groups in total. The van der Waals surface area contributed by atoms with Crippen LogP contribution in [0.3, 0.4) is 0 Å². The fourth-order valence-corrected chi connectivity index (χ4v) is 4.19. The molecule has 0 saturated carbocycles. The number of nitrogens with two attached hydrogens (primary N) is 1. The van der Waals surface area contributed by atoms with Gasteiger partial charge < -0.3 is 5.73 Å². The van der Waals surface area contributed by atoms with Crippen molar-refractivity contribution in [3.63, 3.8) is 0 Å². The molecule has 4 nitrogen and oxygen atoms in total. The second kappa shape index (κ2) is 5.62. The lowest BCUT2D eigenvalue weighted by Gasteiger charge is -2.19. The van der Waals surface area contributed by atoms with Crippen LogP contribution in [0.15, 0.2) is 16.3 Å². The maximum Gasteiger partial charge on any atom is 0.252 e. The molecule has 0 aliphatic heterocycles. The Bertz CT molecular complexity index is 512. The van der Waals surface area contributed by atoms with Gasteiger partial charge in [0.15, 0.2) is 0 Å². The van der Waals surface area contributed by atoms with E-state index < -0.39 is 10.0 Å². The summed E-state index contributed by atoms with van der Waals surface area (Å²) in [6.07, 6.45) is 0. The molecule has 0 aliphatic carbocycles. The second-order valence-electron chi connectivity index (χ2n) is 3.65. The minimum absolute atomic E-state index is 0.166. The molecule has 0 radical (unpaired) electrons. The van der Waals surface area contributed by atoms with Gasteiger partial charge in [0.05, 0.1) is 9.32 Å². The number of nitrogens with zero attached hydrogens (tertiary/aromatic N) is 1. The molecule has 1 atom stereocenters. The third kappa shape index (κ3) is 3.62. The molecular formula is C9H13ClN2O2S3. The van der Waals surface area contributed by atoms with E-state index >= 15 is 0 Å². The van der Waals surface area contributed by atoms with Crippen LogP contribution < -0.4 is 5.73 Å². The Labute approximate surface area is 115 Å². The lowest BCUT2D eigenvalue weighted by molar-refractivity contribution is 0.446. The van der Waals surface area contributed by atoms with Gasteiger partial charge in [-0.15, -0.1) is 11.3 Å². The van der Waals surface area contributed by atoms with E-state index in [1.807, 2.05) is 0 Å². The molecule has 1 aromatic rings. The molecule has 1 unspecified atom stereocenters. The standard InChI is InChI=1S/C9H13ClN2O2S3/c1-6(9(11)15)5-12(2)17(13,14)8-4-3-7(10)16-8/h3-4,6H,5H2,1-2H3,(H2,11,15). The maximum atomic E-state index is 12.1. The van der Waals surface area contributed by atoms with Gasteiger partial charge in [0.1, 0.15) is 4.21 Å². The van der Waals surface area contributed by atoms with E-state index in [0.29, 0.717) is 9.32 Å². The van der Waals surface area contributed by atoms with E-state index in [-0.39, 0.29) is 16.7 Å². The SMILES string of the molecule is CC(CN(C)S(=O)(=O)c1ccc(Cl)s1)C(N)=S. The molecule has 0 saturated heterocycles. The van der Waals surface area contributed by atoms with Crippen molar-refractivity contribution in [1.82, 2.24) is 4.31 Å². The van der Waals surface area contributed by atoms with Crippen molar-refractivity contribution in [2.24, 2.45) is 11.7 Å². The highest BCUT2D eigenvalue weighted by molar-refractivity contribution is 7.91. The highest BCUT2D eigenvalue weighted by atomic mass is 35.5. The highest BCUT2D eigenvalue weighted by Gasteiger charge is 2.24. The molecule has 1 heterocycles. The summed E-state index contributed by atoms with van der Waals surface area (Å²) < 4.78 is 26.1. The van der Waals surface area contributed by atoms with Crippen LogP contribution in [0, 0.1) is 5.92 Å². The largest absolute Gasteiger partial charge is 0.393 e. The van der Waals surface area contributed by atoms with Crippen molar-refractivity contribution in [2.45, 2.75) is 11.1 Å². The van der Waals surface area contributed by atoms with E-state index in [1.165, 1.54) is 17.4 Å². The first-order valence-electron chi connectivity index (χ1n) is 4.76. The number of thiocarbonyl (C=S) groups is 1. The van der Waals surface area contributed by atoms with Crippen LogP contribution in [-0.2, 0) is 10.0 Å². The molecule has 0 bridgehead atoms. The smallest absolute Gasteiger partial charge is 0.252 e. The van der Waals surface area contributed by atoms with Crippen molar-refractivity contribution < 1.29 is 8.42 Å². The summed E-state index contributed by atoms with van der Waals surface area (Å²) in [4.78, 5) is 0.302. The van der Waals surface area contributed by atoms with E-state index in [1.54, 1.807) is 13.0 Å². The van der Waals surface area contributed by atoms with Gasteiger partial charge in [-0.05, 0) is 12.1 Å². The Hall–Kier alpha value is -0.210. The molecule has 8 heteroatoms. The van der Waals surface area contributed by atoms with Crippen LogP contribution in [0.25, 0.3) is 0 Å². The van der Waals surface area contributed by atoms with Gasteiger partial charge in [-0.1, -0.05) is 30.7 Å². The number of sulfonamides is 1. The monoisotopic (exact) mass is 312 g/mol. The third-order valence-corrected chi connectivity index (χ3v) is 6.15. The Morgan fingerprint density at radius 2 is 2.24 bits per heavy atom. The van der Waals surface area contributed by atoms with Gasteiger partial charge in [0.2, 0.25) is 0 Å². The predicted octanol–water partition coefficient (Wildman–Crippen LogP) is 1.94. The summed E-state index contributed by atoms with van der Waals surface area (Å²) in [7, 11) is -2.00. The lowest BCUT2D eigenvalue weighted by atomic mass is 10.2. The number of hydrogen-bond acceptors (Lipinski definition) is 4. The van der Waals surface area contributed by atoms with Crippen LogP contribution >= 0.6 is 35.2 Å². The van der Waals surface area contributed by atoms with Crippen LogP contribution in [-0.4, -0.2) is 31.3 Å². The number of thiophene rings is 1. The highest BCUT2D eigenvalue weighted by Crippen LogP contribution is 2.27. The predicted molar refractivity (Wildman–Crippen MR) is 75.1 cm³/mol. The van der Waals surface area contributed by atoms with Gasteiger partial charge in [0, 0.05) is 19.5 Å². The van der Waals surface area contributed by atoms with E-state index in [9.17, 15) is 8.42 Å². The lowest BCUT2D eigenvalue weighted by Crippen LogP contribution is -2.35. The number of halogens is 1. The molecule has 0 amide bonds. The van der Waals surface area contributed by atoms with Crippen LogP contribution in [0.2, 0.25) is 4.34 Å². The van der Waals surface area contributed by atoms with Crippen molar-refractivity contribution in [2.75, 3.05) is 13.6 Å². The van der Waals surface area contributed by atoms with E-state index in [0.717, 1.165) is 11.3 Å². The van der Waals surface area contributed by atoms with Crippen LogP contribution in [0.1, 0.15) is 6.92 Å². The Morgan fingerprint density at radius 1 is 1.65 bits per heavy atom. The summed E-state index contributed by atoms with van der Waals surface area (Å²) in [5.74, 6) is -0.166. The second-order valence-corrected chi connectivity index (χ2v) is 8.11. The summed E-state index contributed by atoms with van der Waals surface area (Å²) in [5, 5.41) is 0. The molecule has 17 heavy (non-hydrogen) atoms. The fourth-order valence-electron chi connectivity index (χ4n) is 1.16. The minimum atomic E-state index is -3.49. The summed E-state index contributed by atoms with van der Waals surface area (Å²) in [5.41, 5.74) is 5.46. The van der Waals surface area contributed by atoms with Gasteiger partial charge in [-0.2, -0.15) is 4.31 Å². The molecule has 0 spiro atoms. The molecule has 0 aliphatic rings. The quantitative estimate of drug-likeness (QED) is 0.844. The van der Waals surface area contributed by atoms with Gasteiger partial charge in [-0.3, -0.25) is 0 Å². The molecule has 0 aromatic carbocycles. The molecule has 0 fully saturated rings. The van der Waals surface area contributed by atoms with Crippen LogP contribution in [0.4, 0.5) is 0 Å². The van der Waals surface area contributed by atoms with Gasteiger partial charge >= 0.3 is 0 Å². The van der Waals surface area contributed by atoms with Crippen molar-refractivity contribution >= 4 is 50.2 Å². The van der Waals surface area contributed by atoms with Gasteiger partial charge in [0.25, 0.3) is 10.0 Å². The Morgan fingerprint density at radius 3 is 2.65 bits per heavy atom.